The average Bonchev–Trinajstić information content (AvgIpc) is 2.90. The number of aromatic nitrogens is 1. The summed E-state index contributed by atoms with van der Waals surface area (Å²) < 4.78 is 17.6. The second-order valence-corrected chi connectivity index (χ2v) is 4.26. The summed E-state index contributed by atoms with van der Waals surface area (Å²) in [5.74, 6) is 1.68. The first-order chi connectivity index (χ1) is 9.63. The normalized spacial score (nSPS) is 10.2. The molecule has 1 heterocycles. The van der Waals surface area contributed by atoms with Crippen molar-refractivity contribution in [1.82, 2.24) is 4.57 Å². The molecule has 0 aliphatic heterocycles. The van der Waals surface area contributed by atoms with Crippen LogP contribution >= 0.6 is 0 Å². The molecular weight excluding hydrogens is 258 g/mol. The van der Waals surface area contributed by atoms with Crippen molar-refractivity contribution in [2.24, 2.45) is 7.05 Å². The quantitative estimate of drug-likeness (QED) is 0.759. The molecule has 0 fully saturated rings. The number of benzene rings is 1. The van der Waals surface area contributed by atoms with Crippen LogP contribution in [0.5, 0.6) is 17.2 Å². The highest BCUT2D eigenvalue weighted by molar-refractivity contribution is 5.95. The number of hydrogen-bond donors (Lipinski definition) is 0. The molecule has 20 heavy (non-hydrogen) atoms. The molecule has 2 aromatic rings. The zero-order valence-electron chi connectivity index (χ0n) is 11.8. The molecule has 0 atom stereocenters. The second kappa shape index (κ2) is 6.14. The maximum absolute atomic E-state index is 12.0. The molecule has 106 valence electrons. The van der Waals surface area contributed by atoms with Crippen LogP contribution < -0.4 is 14.2 Å². The van der Waals surface area contributed by atoms with Gasteiger partial charge in [-0.2, -0.15) is 0 Å². The number of carbonyl (C=O) groups is 1. The van der Waals surface area contributed by atoms with Gasteiger partial charge in [0, 0.05) is 31.4 Å². The second-order valence-electron chi connectivity index (χ2n) is 4.26. The van der Waals surface area contributed by atoms with Gasteiger partial charge in [-0.25, -0.2) is 0 Å². The minimum atomic E-state index is -0.0840. The van der Waals surface area contributed by atoms with E-state index in [9.17, 15) is 4.79 Å². The number of rotatable bonds is 6. The summed E-state index contributed by atoms with van der Waals surface area (Å²) in [6.07, 6.45) is 1.82. The Labute approximate surface area is 117 Å². The number of nitrogens with zero attached hydrogens (tertiary/aromatic N) is 1. The van der Waals surface area contributed by atoms with Crippen molar-refractivity contribution < 1.29 is 19.0 Å². The highest BCUT2D eigenvalue weighted by Gasteiger charge is 2.11. The maximum atomic E-state index is 12.0. The third-order valence-electron chi connectivity index (χ3n) is 2.92. The zero-order valence-corrected chi connectivity index (χ0v) is 11.8. The van der Waals surface area contributed by atoms with Crippen LogP contribution in [0.4, 0.5) is 0 Å². The topological polar surface area (TPSA) is 49.7 Å². The number of aryl methyl sites for hydroxylation is 1. The lowest BCUT2D eigenvalue weighted by Crippen LogP contribution is -2.14. The molecule has 5 heteroatoms. The lowest BCUT2D eigenvalue weighted by atomic mass is 10.3. The van der Waals surface area contributed by atoms with Crippen LogP contribution in [0, 0.1) is 0 Å². The van der Waals surface area contributed by atoms with Crippen LogP contribution in [0.2, 0.25) is 0 Å². The van der Waals surface area contributed by atoms with Crippen LogP contribution in [0.15, 0.2) is 36.5 Å². The minimum Gasteiger partial charge on any atom is -0.496 e. The number of ketones is 1. The van der Waals surface area contributed by atoms with Crippen molar-refractivity contribution in [3.8, 4) is 17.2 Å². The lowest BCUT2D eigenvalue weighted by molar-refractivity contribution is 0.0913. The fourth-order valence-corrected chi connectivity index (χ4v) is 1.84. The summed E-state index contributed by atoms with van der Waals surface area (Å²) in [7, 11) is 4.95. The highest BCUT2D eigenvalue weighted by Crippen LogP contribution is 2.27. The van der Waals surface area contributed by atoms with Gasteiger partial charge in [0.2, 0.25) is 5.78 Å². The average molecular weight is 275 g/mol. The third kappa shape index (κ3) is 3.12. The molecule has 0 saturated carbocycles. The Balaban J connectivity index is 2.07. The fraction of sp³-hybridized carbons (Fsp3) is 0.267. The van der Waals surface area contributed by atoms with Gasteiger partial charge >= 0.3 is 0 Å². The van der Waals surface area contributed by atoms with Crippen molar-refractivity contribution >= 4 is 5.78 Å². The summed E-state index contributed by atoms with van der Waals surface area (Å²) in [6.45, 7) is -0.0336. The predicted octanol–water partition coefficient (Wildman–Crippen LogP) is 2.30. The Bertz CT molecular complexity index is 581. The van der Waals surface area contributed by atoms with Gasteiger partial charge in [-0.15, -0.1) is 0 Å². The van der Waals surface area contributed by atoms with Gasteiger partial charge in [0.1, 0.15) is 17.2 Å². The first kappa shape index (κ1) is 14.0. The van der Waals surface area contributed by atoms with E-state index in [1.54, 1.807) is 43.1 Å². The van der Waals surface area contributed by atoms with E-state index < -0.39 is 0 Å². The number of hydrogen-bond acceptors (Lipinski definition) is 4. The predicted molar refractivity (Wildman–Crippen MR) is 74.8 cm³/mol. The van der Waals surface area contributed by atoms with Crippen molar-refractivity contribution in [2.75, 3.05) is 20.8 Å². The van der Waals surface area contributed by atoms with Crippen molar-refractivity contribution in [3.63, 3.8) is 0 Å². The van der Waals surface area contributed by atoms with E-state index in [1.807, 2.05) is 19.3 Å². The highest BCUT2D eigenvalue weighted by atomic mass is 16.5. The van der Waals surface area contributed by atoms with Gasteiger partial charge in [0.05, 0.1) is 19.9 Å². The van der Waals surface area contributed by atoms with Crippen LogP contribution in [0.1, 0.15) is 10.5 Å². The molecule has 0 saturated heterocycles. The molecule has 0 bridgehead atoms. The van der Waals surface area contributed by atoms with Crippen LogP contribution in [-0.2, 0) is 7.05 Å². The van der Waals surface area contributed by atoms with Gasteiger partial charge in [-0.3, -0.25) is 4.79 Å². The van der Waals surface area contributed by atoms with Crippen molar-refractivity contribution in [2.45, 2.75) is 0 Å². The molecule has 0 radical (unpaired) electrons. The molecule has 2 rings (SSSR count). The summed E-state index contributed by atoms with van der Waals surface area (Å²) in [4.78, 5) is 12.0. The first-order valence-electron chi connectivity index (χ1n) is 6.14. The van der Waals surface area contributed by atoms with Gasteiger partial charge in [0.25, 0.3) is 0 Å². The van der Waals surface area contributed by atoms with E-state index in [0.717, 1.165) is 0 Å². The minimum absolute atomic E-state index is 0.0336. The molecule has 0 N–H and O–H groups in total. The van der Waals surface area contributed by atoms with E-state index >= 15 is 0 Å². The van der Waals surface area contributed by atoms with E-state index in [-0.39, 0.29) is 12.4 Å². The van der Waals surface area contributed by atoms with Gasteiger partial charge in [-0.1, -0.05) is 0 Å². The van der Waals surface area contributed by atoms with Crippen LogP contribution in [-0.4, -0.2) is 31.2 Å². The zero-order chi connectivity index (χ0) is 14.5. The van der Waals surface area contributed by atoms with Gasteiger partial charge < -0.3 is 18.8 Å². The molecule has 0 aliphatic carbocycles. The lowest BCUT2D eigenvalue weighted by Gasteiger charge is -2.10. The number of ether oxygens (including phenoxy) is 3. The smallest absolute Gasteiger partial charge is 0.216 e. The van der Waals surface area contributed by atoms with Crippen molar-refractivity contribution in [3.05, 3.63) is 42.2 Å². The Kier molecular flexibility index (Phi) is 4.30. The molecule has 1 aromatic heterocycles. The monoisotopic (exact) mass is 275 g/mol. The number of methoxy groups -OCH3 is 2. The van der Waals surface area contributed by atoms with E-state index in [0.29, 0.717) is 22.9 Å². The van der Waals surface area contributed by atoms with Gasteiger partial charge in [0.15, 0.2) is 6.61 Å². The Hall–Kier alpha value is -2.43. The van der Waals surface area contributed by atoms with Crippen molar-refractivity contribution in [1.29, 1.82) is 0 Å². The first-order valence-corrected chi connectivity index (χ1v) is 6.14. The number of Topliss-reactive ketones (excluding diaryl/α,β-unsaturated/α-hetero) is 1. The maximum Gasteiger partial charge on any atom is 0.216 e. The Morgan fingerprint density at radius 1 is 1.10 bits per heavy atom. The summed E-state index contributed by atoms with van der Waals surface area (Å²) in [5, 5.41) is 0. The molecule has 0 unspecified atom stereocenters. The molecule has 0 amide bonds. The molecule has 1 aromatic carbocycles. The number of carbonyl (C=O) groups excluding carboxylic acids is 1. The van der Waals surface area contributed by atoms with E-state index in [2.05, 4.69) is 0 Å². The third-order valence-corrected chi connectivity index (χ3v) is 2.92. The summed E-state index contributed by atoms with van der Waals surface area (Å²) >= 11 is 0. The van der Waals surface area contributed by atoms with Crippen LogP contribution in [0.3, 0.4) is 0 Å². The largest absolute Gasteiger partial charge is 0.496 e. The SMILES string of the molecule is COc1cc(OC)cc(OCC(=O)c2cccn2C)c1. The summed E-state index contributed by atoms with van der Waals surface area (Å²) in [6, 6.07) is 8.74. The standard InChI is InChI=1S/C15H17NO4/c1-16-6-4-5-14(16)15(17)10-20-13-8-11(18-2)7-12(9-13)19-3/h4-9H,10H2,1-3H3. The summed E-state index contributed by atoms with van der Waals surface area (Å²) in [5.41, 5.74) is 0.611. The fourth-order valence-electron chi connectivity index (χ4n) is 1.84. The molecule has 0 aliphatic rings. The van der Waals surface area contributed by atoms with Crippen LogP contribution in [0.25, 0.3) is 0 Å². The molecular formula is C15H17NO4. The van der Waals surface area contributed by atoms with Gasteiger partial charge in [-0.05, 0) is 12.1 Å². The molecule has 5 nitrogen and oxygen atoms in total. The Morgan fingerprint density at radius 3 is 2.20 bits per heavy atom. The molecule has 0 spiro atoms. The van der Waals surface area contributed by atoms with E-state index in [4.69, 9.17) is 14.2 Å². The van der Waals surface area contributed by atoms with E-state index in [1.165, 1.54) is 0 Å². The Morgan fingerprint density at radius 2 is 1.70 bits per heavy atom.